The first kappa shape index (κ1) is 65.3. The van der Waals surface area contributed by atoms with Crippen LogP contribution in [0.2, 0.25) is 0 Å². The molecule has 0 aromatic heterocycles. The van der Waals surface area contributed by atoms with E-state index in [1.165, 1.54) is 96.3 Å². The Kier molecular flexibility index (Phi) is 34.8. The summed E-state index contributed by atoms with van der Waals surface area (Å²) in [7, 11) is -22.2. The molecule has 0 heterocycles. The summed E-state index contributed by atoms with van der Waals surface area (Å²) in [5, 5.41) is 22.0. The van der Waals surface area contributed by atoms with Crippen molar-refractivity contribution in [2.45, 2.75) is 236 Å². The summed E-state index contributed by atoms with van der Waals surface area (Å²) < 4.78 is 83.0. The standard InChI is InChI=1S/C42H84O22P4/c1-3-5-7-9-11-13-15-17-19-21-23-25-27-29-35(43)58-31-34(61-36(44)30-28-26-24-22-20-18-16-14-12-10-8-6-4-2)32-60-68(56,57)64-39-37(45)40(59-33-65(47,48)49)42(63-67(53,54)55)41(38(39)46)62-66(50,51)52/h34,37-42,45-46H,3-33H2,1-2H3,(H,56,57)(H2,47,48,49)(H2,50,51,52)(H2,53,54,55)/t34-,37+,38+,39-,40+,41-,42-/m1/s1. The van der Waals surface area contributed by atoms with E-state index in [0.717, 1.165) is 57.8 Å². The van der Waals surface area contributed by atoms with Crippen molar-refractivity contribution in [3.63, 3.8) is 0 Å². The quantitative estimate of drug-likeness (QED) is 0.0158. The molecule has 0 aliphatic heterocycles. The van der Waals surface area contributed by atoms with E-state index in [0.29, 0.717) is 12.8 Å². The third kappa shape index (κ3) is 33.9. The minimum absolute atomic E-state index is 0.0380. The molecule has 1 aliphatic carbocycles. The Bertz CT molecular complexity index is 1540. The Labute approximate surface area is 402 Å². The van der Waals surface area contributed by atoms with Crippen LogP contribution in [-0.4, -0.2) is 119 Å². The number of aliphatic hydroxyl groups excluding tert-OH is 2. The fourth-order valence-corrected chi connectivity index (χ4v) is 10.2. The fraction of sp³-hybridized carbons (Fsp3) is 0.952. The number of carbonyl (C=O) groups excluding carboxylic acids is 2. The number of hydrogen-bond acceptors (Lipinski definition) is 15. The summed E-state index contributed by atoms with van der Waals surface area (Å²) in [6, 6.07) is 0. The Morgan fingerprint density at radius 2 is 0.824 bits per heavy atom. The van der Waals surface area contributed by atoms with Crippen molar-refractivity contribution < 1.29 is 105 Å². The number of esters is 2. The topological polar surface area (TPSA) is 349 Å². The van der Waals surface area contributed by atoms with Gasteiger partial charge in [-0.1, -0.05) is 168 Å². The first-order valence-electron chi connectivity index (χ1n) is 24.5. The van der Waals surface area contributed by atoms with E-state index in [-0.39, 0.29) is 12.8 Å². The highest BCUT2D eigenvalue weighted by atomic mass is 31.2. The van der Waals surface area contributed by atoms with Crippen LogP contribution in [0.4, 0.5) is 0 Å². The lowest BCUT2D eigenvalue weighted by Gasteiger charge is -2.46. The normalized spacial score (nSPS) is 21.6. The van der Waals surface area contributed by atoms with Crippen molar-refractivity contribution in [3.05, 3.63) is 0 Å². The molecule has 0 amide bonds. The van der Waals surface area contributed by atoms with Crippen LogP contribution in [0.1, 0.15) is 194 Å². The van der Waals surface area contributed by atoms with Crippen LogP contribution < -0.4 is 0 Å². The van der Waals surface area contributed by atoms with E-state index in [2.05, 4.69) is 22.9 Å². The maximum atomic E-state index is 13.3. The minimum atomic E-state index is -5.74. The maximum Gasteiger partial charge on any atom is 0.472 e. The Hall–Kier alpha value is -0.700. The molecule has 1 saturated carbocycles. The molecular formula is C42H84O22P4. The van der Waals surface area contributed by atoms with Gasteiger partial charge < -0.3 is 58.7 Å². The van der Waals surface area contributed by atoms with Crippen molar-refractivity contribution in [2.24, 2.45) is 0 Å². The highest BCUT2D eigenvalue weighted by Gasteiger charge is 2.58. The molecule has 1 rings (SSSR count). The smallest absolute Gasteiger partial charge is 0.462 e. The van der Waals surface area contributed by atoms with Crippen LogP contribution in [0.5, 0.6) is 0 Å². The molecule has 26 heteroatoms. The van der Waals surface area contributed by atoms with E-state index >= 15 is 0 Å². The van der Waals surface area contributed by atoms with E-state index in [1.807, 2.05) is 0 Å². The van der Waals surface area contributed by atoms with Gasteiger partial charge in [-0.3, -0.25) is 32.2 Å². The lowest BCUT2D eigenvalue weighted by Crippen LogP contribution is -2.65. The number of phosphoric acid groups is 3. The Morgan fingerprint density at radius 3 is 1.22 bits per heavy atom. The summed E-state index contributed by atoms with van der Waals surface area (Å²) in [4.78, 5) is 92.9. The number of ether oxygens (including phenoxy) is 3. The molecule has 1 unspecified atom stereocenters. The molecule has 0 aromatic rings. The fourth-order valence-electron chi connectivity index (χ4n) is 7.77. The number of carbonyl (C=O) groups is 2. The van der Waals surface area contributed by atoms with Crippen molar-refractivity contribution in [2.75, 3.05) is 19.6 Å². The molecule has 1 fully saturated rings. The highest BCUT2D eigenvalue weighted by Crippen LogP contribution is 2.52. The van der Waals surface area contributed by atoms with Gasteiger partial charge in [0.25, 0.3) is 0 Å². The van der Waals surface area contributed by atoms with Crippen LogP contribution in [0.25, 0.3) is 0 Å². The van der Waals surface area contributed by atoms with Gasteiger partial charge in [-0.25, -0.2) is 13.7 Å². The van der Waals surface area contributed by atoms with E-state index in [9.17, 15) is 72.3 Å². The van der Waals surface area contributed by atoms with Crippen molar-refractivity contribution in [3.8, 4) is 0 Å². The van der Waals surface area contributed by atoms with E-state index < -0.39 is 105 Å². The average molecular weight is 1070 g/mol. The van der Waals surface area contributed by atoms with Crippen LogP contribution >= 0.6 is 31.1 Å². The molecule has 8 atom stereocenters. The third-order valence-corrected chi connectivity index (χ3v) is 13.8. The van der Waals surface area contributed by atoms with Crippen LogP contribution in [0.3, 0.4) is 0 Å². The summed E-state index contributed by atoms with van der Waals surface area (Å²) in [5.41, 5.74) is 0. The van der Waals surface area contributed by atoms with Crippen molar-refractivity contribution >= 4 is 43.0 Å². The van der Waals surface area contributed by atoms with Gasteiger partial charge in [0.2, 0.25) is 0 Å². The predicted molar refractivity (Wildman–Crippen MR) is 250 cm³/mol. The predicted octanol–water partition coefficient (Wildman–Crippen LogP) is 8.12. The molecule has 68 heavy (non-hydrogen) atoms. The summed E-state index contributed by atoms with van der Waals surface area (Å²) in [5.74, 6) is -1.37. The third-order valence-electron chi connectivity index (χ3n) is 11.3. The van der Waals surface area contributed by atoms with Gasteiger partial charge in [-0.05, 0) is 12.8 Å². The van der Waals surface area contributed by atoms with E-state index in [4.69, 9.17) is 23.3 Å². The van der Waals surface area contributed by atoms with Gasteiger partial charge in [0.15, 0.2) is 6.10 Å². The zero-order valence-electron chi connectivity index (χ0n) is 40.1. The number of phosphoric ester groups is 3. The second-order valence-electron chi connectivity index (χ2n) is 17.6. The van der Waals surface area contributed by atoms with Crippen LogP contribution in [0.15, 0.2) is 0 Å². The average Bonchev–Trinajstić information content (AvgIpc) is 3.24. The van der Waals surface area contributed by atoms with Crippen LogP contribution in [0, 0.1) is 0 Å². The first-order valence-corrected chi connectivity index (χ1v) is 30.8. The van der Waals surface area contributed by atoms with Gasteiger partial charge in [0.05, 0.1) is 6.61 Å². The molecule has 22 nitrogen and oxygen atoms in total. The SMILES string of the molecule is CCCCCCCCCCCCCCCC(=O)OC[C@H](COP(=O)(O)O[C@H]1[C@H](O)[C@@H](OP(=O)(O)O)[C@H](OP(=O)(O)O)[C@@H](OCP(=O)(O)O)[C@H]1O)OC(=O)CCCCCCCCCCCCCCC. The van der Waals surface area contributed by atoms with Gasteiger partial charge in [0, 0.05) is 12.8 Å². The largest absolute Gasteiger partial charge is 0.472 e. The number of unbranched alkanes of at least 4 members (excludes halogenated alkanes) is 24. The number of aliphatic hydroxyl groups is 2. The van der Waals surface area contributed by atoms with Gasteiger partial charge in [0.1, 0.15) is 49.6 Å². The molecule has 0 saturated heterocycles. The first-order chi connectivity index (χ1) is 32.0. The van der Waals surface area contributed by atoms with Gasteiger partial charge in [-0.2, -0.15) is 0 Å². The summed E-state index contributed by atoms with van der Waals surface area (Å²) >= 11 is 0. The lowest BCUT2D eigenvalue weighted by molar-refractivity contribution is -0.222. The molecule has 0 radical (unpaired) electrons. The van der Waals surface area contributed by atoms with Crippen LogP contribution in [-0.2, 0) is 60.2 Å². The molecule has 1 aliphatic rings. The Balaban J connectivity index is 2.93. The van der Waals surface area contributed by atoms with Crippen molar-refractivity contribution in [1.82, 2.24) is 0 Å². The molecule has 0 aromatic carbocycles. The minimum Gasteiger partial charge on any atom is -0.462 e. The second kappa shape index (κ2) is 36.3. The summed E-state index contributed by atoms with van der Waals surface area (Å²) in [6.45, 7) is 2.79. The zero-order chi connectivity index (χ0) is 51.1. The monoisotopic (exact) mass is 1060 g/mol. The van der Waals surface area contributed by atoms with E-state index in [1.54, 1.807) is 0 Å². The van der Waals surface area contributed by atoms with Gasteiger partial charge in [-0.15, -0.1) is 0 Å². The van der Waals surface area contributed by atoms with Crippen molar-refractivity contribution in [1.29, 1.82) is 0 Å². The molecule has 9 N–H and O–H groups in total. The molecule has 0 spiro atoms. The maximum absolute atomic E-state index is 13.3. The van der Waals surface area contributed by atoms with Gasteiger partial charge >= 0.3 is 43.0 Å². The zero-order valence-corrected chi connectivity index (χ0v) is 43.7. The second-order valence-corrected chi connectivity index (χ2v) is 23.0. The molecular weight excluding hydrogens is 980 g/mol. The highest BCUT2D eigenvalue weighted by molar-refractivity contribution is 7.51. The lowest BCUT2D eigenvalue weighted by atomic mass is 9.85. The number of rotatable bonds is 43. The molecule has 404 valence electrons. The molecule has 0 bridgehead atoms. The summed E-state index contributed by atoms with van der Waals surface area (Å²) in [6.07, 6.45) is 9.78. The Morgan fingerprint density at radius 1 is 0.456 bits per heavy atom. The number of hydrogen-bond donors (Lipinski definition) is 9.